The number of ether oxygens (including phenoxy) is 1. The average molecular weight is 329 g/mol. The van der Waals surface area contributed by atoms with E-state index in [-0.39, 0.29) is 24.4 Å². The highest BCUT2D eigenvalue weighted by Crippen LogP contribution is 2.34. The average Bonchev–Trinajstić information content (AvgIpc) is 2.24. The van der Waals surface area contributed by atoms with Crippen LogP contribution in [0.2, 0.25) is 0 Å². The number of carbonyl (C=O) groups is 1. The first-order valence-electron chi connectivity index (χ1n) is 4.46. The van der Waals surface area contributed by atoms with Crippen LogP contribution in [0.15, 0.2) is 16.6 Å². The maximum absolute atomic E-state index is 13.1. The lowest BCUT2D eigenvalue weighted by atomic mass is 10.0. The van der Waals surface area contributed by atoms with Gasteiger partial charge in [0.15, 0.2) is 11.6 Å². The minimum Gasteiger partial charge on any atom is -0.505 e. The Bertz CT molecular complexity index is 417. The first-order valence-corrected chi connectivity index (χ1v) is 5.26. The van der Waals surface area contributed by atoms with Crippen LogP contribution in [-0.2, 0) is 9.53 Å². The van der Waals surface area contributed by atoms with Crippen LogP contribution in [0.5, 0.6) is 5.75 Å². The van der Waals surface area contributed by atoms with Crippen LogP contribution in [0.1, 0.15) is 18.0 Å². The number of rotatable bonds is 3. The van der Waals surface area contributed by atoms with E-state index in [1.165, 1.54) is 13.2 Å². The molecule has 4 nitrogen and oxygen atoms in total. The molecule has 0 amide bonds. The third kappa shape index (κ3) is 3.83. The van der Waals surface area contributed by atoms with E-state index < -0.39 is 23.6 Å². The molecule has 1 aromatic rings. The summed E-state index contributed by atoms with van der Waals surface area (Å²) in [6, 6.07) is 1.70. The number of nitrogens with two attached hydrogens (primary N) is 1. The molecule has 3 N–H and O–H groups in total. The van der Waals surface area contributed by atoms with Crippen molar-refractivity contribution >= 4 is 34.3 Å². The fraction of sp³-hybridized carbons (Fsp3) is 0.300. The van der Waals surface area contributed by atoms with Crippen LogP contribution in [0.3, 0.4) is 0 Å². The molecular weight excluding hydrogens is 316 g/mol. The number of carbonyl (C=O) groups excluding carboxylic acids is 1. The quantitative estimate of drug-likeness (QED) is 0.835. The molecule has 7 heteroatoms. The summed E-state index contributed by atoms with van der Waals surface area (Å²) in [5.41, 5.74) is 5.84. The van der Waals surface area contributed by atoms with Gasteiger partial charge in [0.1, 0.15) is 0 Å². The predicted octanol–water partition coefficient (Wildman–Crippen LogP) is 2.28. The molecule has 0 aliphatic heterocycles. The maximum Gasteiger partial charge on any atom is 0.307 e. The molecule has 0 unspecified atom stereocenters. The summed E-state index contributed by atoms with van der Waals surface area (Å²) >= 11 is 3.13. The van der Waals surface area contributed by atoms with Crippen LogP contribution in [0, 0.1) is 5.82 Å². The molecule has 0 radical (unpaired) electrons. The zero-order valence-electron chi connectivity index (χ0n) is 8.94. The van der Waals surface area contributed by atoms with Crippen molar-refractivity contribution in [3.8, 4) is 5.75 Å². The van der Waals surface area contributed by atoms with E-state index in [4.69, 9.17) is 5.73 Å². The molecule has 0 saturated carbocycles. The van der Waals surface area contributed by atoms with Crippen LogP contribution in [0.25, 0.3) is 0 Å². The number of aromatic hydroxyl groups is 1. The number of halogens is 3. The molecule has 0 bridgehead atoms. The first kappa shape index (κ1) is 16.1. The summed E-state index contributed by atoms with van der Waals surface area (Å²) in [4.78, 5) is 11.0. The Morgan fingerprint density at radius 2 is 2.24 bits per heavy atom. The fourth-order valence-electron chi connectivity index (χ4n) is 1.27. The van der Waals surface area contributed by atoms with Crippen molar-refractivity contribution in [3.05, 3.63) is 28.0 Å². The molecule has 96 valence electrons. The summed E-state index contributed by atoms with van der Waals surface area (Å²) in [5, 5.41) is 9.50. The van der Waals surface area contributed by atoms with E-state index in [0.29, 0.717) is 4.47 Å². The minimum atomic E-state index is -0.822. The van der Waals surface area contributed by atoms with Crippen molar-refractivity contribution in [2.24, 2.45) is 5.73 Å². The third-order valence-corrected chi connectivity index (χ3v) is 2.79. The zero-order chi connectivity index (χ0) is 12.3. The normalized spacial score (nSPS) is 11.5. The van der Waals surface area contributed by atoms with Gasteiger partial charge in [0, 0.05) is 16.1 Å². The second-order valence-corrected chi connectivity index (χ2v) is 4.03. The standard InChI is InChI=1S/C10H11BrFNO3.ClH/c1-16-8(14)4-7(13)9-5(11)2-3-6(12)10(9)15;/h2-3,7,15H,4,13H2,1H3;1H/t7-;/m0./s1. The minimum absolute atomic E-state index is 0. The summed E-state index contributed by atoms with van der Waals surface area (Å²) in [6.07, 6.45) is -0.133. The first-order chi connectivity index (χ1) is 7.47. The van der Waals surface area contributed by atoms with Gasteiger partial charge in [-0.1, -0.05) is 15.9 Å². The number of phenolic OH excluding ortho intramolecular Hbond substituents is 1. The maximum atomic E-state index is 13.1. The number of benzene rings is 1. The van der Waals surface area contributed by atoms with Crippen molar-refractivity contribution in [2.75, 3.05) is 7.11 Å². The SMILES string of the molecule is COC(=O)C[C@H](N)c1c(Br)ccc(F)c1O.Cl. The van der Waals surface area contributed by atoms with Crippen molar-refractivity contribution in [1.29, 1.82) is 0 Å². The van der Waals surface area contributed by atoms with Crippen LogP contribution < -0.4 is 5.73 Å². The molecule has 0 aliphatic rings. The van der Waals surface area contributed by atoms with Gasteiger partial charge in [-0.15, -0.1) is 12.4 Å². The Labute approximate surface area is 112 Å². The molecule has 0 saturated heterocycles. The van der Waals surface area contributed by atoms with E-state index in [2.05, 4.69) is 20.7 Å². The lowest BCUT2D eigenvalue weighted by Crippen LogP contribution is -2.17. The van der Waals surface area contributed by atoms with Crippen LogP contribution in [-0.4, -0.2) is 18.2 Å². The monoisotopic (exact) mass is 327 g/mol. The predicted molar refractivity (Wildman–Crippen MR) is 66.6 cm³/mol. The Hall–Kier alpha value is -0.850. The number of esters is 1. The Morgan fingerprint density at radius 3 is 2.76 bits per heavy atom. The lowest BCUT2D eigenvalue weighted by molar-refractivity contribution is -0.141. The van der Waals surface area contributed by atoms with E-state index >= 15 is 0 Å². The van der Waals surface area contributed by atoms with E-state index in [1.807, 2.05) is 0 Å². The largest absolute Gasteiger partial charge is 0.505 e. The van der Waals surface area contributed by atoms with E-state index in [9.17, 15) is 14.3 Å². The Kier molecular flexibility index (Phi) is 6.44. The molecule has 1 aromatic carbocycles. The number of hydrogen-bond donors (Lipinski definition) is 2. The number of methoxy groups -OCH3 is 1. The molecular formula is C10H12BrClFNO3. The van der Waals surface area contributed by atoms with Crippen molar-refractivity contribution in [3.63, 3.8) is 0 Å². The molecule has 0 aliphatic carbocycles. The second-order valence-electron chi connectivity index (χ2n) is 3.18. The molecule has 0 spiro atoms. The topological polar surface area (TPSA) is 72.5 Å². The fourth-order valence-corrected chi connectivity index (χ4v) is 1.89. The van der Waals surface area contributed by atoms with Gasteiger partial charge in [0.25, 0.3) is 0 Å². The van der Waals surface area contributed by atoms with Crippen LogP contribution >= 0.6 is 28.3 Å². The van der Waals surface area contributed by atoms with Gasteiger partial charge >= 0.3 is 5.97 Å². The zero-order valence-corrected chi connectivity index (χ0v) is 11.3. The summed E-state index contributed by atoms with van der Waals surface area (Å²) in [7, 11) is 1.23. The molecule has 17 heavy (non-hydrogen) atoms. The van der Waals surface area contributed by atoms with Gasteiger partial charge in [-0.3, -0.25) is 4.79 Å². The molecule has 1 rings (SSSR count). The smallest absolute Gasteiger partial charge is 0.307 e. The van der Waals surface area contributed by atoms with Crippen molar-refractivity contribution in [2.45, 2.75) is 12.5 Å². The number of phenols is 1. The van der Waals surface area contributed by atoms with E-state index in [0.717, 1.165) is 6.07 Å². The number of hydrogen-bond acceptors (Lipinski definition) is 4. The van der Waals surface area contributed by atoms with Gasteiger partial charge in [-0.05, 0) is 12.1 Å². The summed E-state index contributed by atoms with van der Waals surface area (Å²) < 4.78 is 18.0. The van der Waals surface area contributed by atoms with Gasteiger partial charge in [0.05, 0.1) is 13.5 Å². The highest BCUT2D eigenvalue weighted by atomic mass is 79.9. The van der Waals surface area contributed by atoms with Gasteiger partial charge in [-0.2, -0.15) is 0 Å². The lowest BCUT2D eigenvalue weighted by Gasteiger charge is -2.14. The second kappa shape index (κ2) is 6.78. The molecule has 0 heterocycles. The molecule has 1 atom stereocenters. The highest BCUT2D eigenvalue weighted by molar-refractivity contribution is 9.10. The van der Waals surface area contributed by atoms with Crippen LogP contribution in [0.4, 0.5) is 4.39 Å². The molecule has 0 aromatic heterocycles. The third-order valence-electron chi connectivity index (χ3n) is 2.10. The van der Waals surface area contributed by atoms with Crippen molar-refractivity contribution < 1.29 is 19.0 Å². The Morgan fingerprint density at radius 1 is 1.65 bits per heavy atom. The summed E-state index contributed by atoms with van der Waals surface area (Å²) in [5.74, 6) is -1.85. The van der Waals surface area contributed by atoms with Gasteiger partial charge in [0.2, 0.25) is 0 Å². The van der Waals surface area contributed by atoms with Gasteiger partial charge in [-0.25, -0.2) is 4.39 Å². The Balaban J connectivity index is 0.00000256. The van der Waals surface area contributed by atoms with E-state index in [1.54, 1.807) is 0 Å². The van der Waals surface area contributed by atoms with Gasteiger partial charge < -0.3 is 15.6 Å². The molecule has 0 fully saturated rings. The summed E-state index contributed by atoms with van der Waals surface area (Å²) in [6.45, 7) is 0. The highest BCUT2D eigenvalue weighted by Gasteiger charge is 2.20. The van der Waals surface area contributed by atoms with Crippen molar-refractivity contribution in [1.82, 2.24) is 0 Å².